The maximum atomic E-state index is 12.6. The molecule has 0 radical (unpaired) electrons. The largest absolute Gasteiger partial charge is 0.492 e. The molecule has 0 spiro atoms. The van der Waals surface area contributed by atoms with Crippen molar-refractivity contribution in [1.82, 2.24) is 4.90 Å². The van der Waals surface area contributed by atoms with E-state index in [1.165, 1.54) is 16.7 Å². The number of halogens is 1. The Morgan fingerprint density at radius 1 is 1.06 bits per heavy atom. The van der Waals surface area contributed by atoms with Crippen LogP contribution in [-0.4, -0.2) is 29.2 Å². The van der Waals surface area contributed by atoms with Gasteiger partial charge in [0.2, 0.25) is 0 Å². The van der Waals surface area contributed by atoms with Gasteiger partial charge in [0.15, 0.2) is 5.09 Å². The zero-order chi connectivity index (χ0) is 21.8. The van der Waals surface area contributed by atoms with Gasteiger partial charge in [-0.3, -0.25) is 14.5 Å². The first-order chi connectivity index (χ1) is 15.0. The van der Waals surface area contributed by atoms with Crippen LogP contribution in [0, 0.1) is 6.92 Å². The summed E-state index contributed by atoms with van der Waals surface area (Å²) in [4.78, 5) is 27.4. The highest BCUT2D eigenvalue weighted by Gasteiger charge is 2.35. The van der Waals surface area contributed by atoms with Crippen LogP contribution in [0.5, 0.6) is 5.75 Å². The lowest BCUT2D eigenvalue weighted by atomic mass is 10.2. The van der Waals surface area contributed by atoms with Crippen molar-refractivity contribution in [3.8, 4) is 5.75 Å². The monoisotopic (exact) mass is 471 g/mol. The number of furan rings is 1. The Labute approximate surface area is 193 Å². The van der Waals surface area contributed by atoms with Gasteiger partial charge in [0.05, 0.1) is 11.4 Å². The molecular weight excluding hydrogens is 454 g/mol. The van der Waals surface area contributed by atoms with Gasteiger partial charge in [-0.15, -0.1) is 0 Å². The number of hydrogen-bond donors (Lipinski definition) is 0. The Morgan fingerprint density at radius 2 is 1.81 bits per heavy atom. The van der Waals surface area contributed by atoms with E-state index < -0.39 is 0 Å². The summed E-state index contributed by atoms with van der Waals surface area (Å²) in [5, 5.41) is 1.04. The molecule has 31 heavy (non-hydrogen) atoms. The predicted molar refractivity (Wildman–Crippen MR) is 124 cm³/mol. The fourth-order valence-corrected chi connectivity index (χ4v) is 4.55. The van der Waals surface area contributed by atoms with Gasteiger partial charge < -0.3 is 9.15 Å². The number of benzene rings is 2. The number of aryl methyl sites for hydroxylation is 1. The van der Waals surface area contributed by atoms with E-state index in [4.69, 9.17) is 20.8 Å². The number of rotatable bonds is 7. The van der Waals surface area contributed by atoms with E-state index in [2.05, 4.69) is 0 Å². The van der Waals surface area contributed by atoms with Gasteiger partial charge in [-0.25, -0.2) is 0 Å². The number of ether oxygens (including phenoxy) is 1. The summed E-state index contributed by atoms with van der Waals surface area (Å²) in [7, 11) is 0. The third-order valence-corrected chi connectivity index (χ3v) is 6.47. The van der Waals surface area contributed by atoms with Gasteiger partial charge in [0, 0.05) is 16.0 Å². The molecule has 0 aliphatic carbocycles. The summed E-state index contributed by atoms with van der Waals surface area (Å²) in [6.45, 7) is 2.41. The molecule has 8 heteroatoms. The van der Waals surface area contributed by atoms with Gasteiger partial charge >= 0.3 is 0 Å². The first-order valence-corrected chi connectivity index (χ1v) is 11.5. The zero-order valence-electron chi connectivity index (χ0n) is 16.5. The van der Waals surface area contributed by atoms with E-state index in [1.807, 2.05) is 61.5 Å². The standard InChI is InChI=1S/C23H18ClNO4S2/c1-15-2-6-17(7-3-15)28-13-12-25-22(26)20(31-23(25)27)14-18-8-11-21(29-18)30-19-9-4-16(24)5-10-19/h2-11,14H,12-13H2,1H3/b20-14-. The van der Waals surface area contributed by atoms with Crippen molar-refractivity contribution in [3.63, 3.8) is 0 Å². The van der Waals surface area contributed by atoms with Crippen LogP contribution < -0.4 is 4.74 Å². The smallest absolute Gasteiger partial charge is 0.293 e. The number of hydrogen-bond acceptors (Lipinski definition) is 6. The molecule has 0 N–H and O–H groups in total. The fraction of sp³-hybridized carbons (Fsp3) is 0.130. The normalized spacial score (nSPS) is 15.2. The molecule has 1 aliphatic rings. The average molecular weight is 472 g/mol. The van der Waals surface area contributed by atoms with Crippen LogP contribution in [0.25, 0.3) is 6.08 Å². The number of thioether (sulfide) groups is 1. The average Bonchev–Trinajstić information content (AvgIpc) is 3.30. The molecule has 0 bridgehead atoms. The van der Waals surface area contributed by atoms with Gasteiger partial charge in [-0.1, -0.05) is 41.1 Å². The molecule has 0 unspecified atom stereocenters. The number of carbonyl (C=O) groups is 2. The maximum absolute atomic E-state index is 12.6. The second-order valence-corrected chi connectivity index (χ2v) is 9.22. The molecule has 1 saturated heterocycles. The van der Waals surface area contributed by atoms with Gasteiger partial charge in [0.25, 0.3) is 11.1 Å². The van der Waals surface area contributed by atoms with Gasteiger partial charge in [-0.2, -0.15) is 0 Å². The second kappa shape index (κ2) is 9.68. The Hall–Kier alpha value is -2.61. The van der Waals surface area contributed by atoms with Crippen molar-refractivity contribution >= 4 is 52.3 Å². The Bertz CT molecular complexity index is 1120. The SMILES string of the molecule is Cc1ccc(OCCN2C(=O)S/C(=C\c3ccc(Sc4ccc(Cl)cc4)o3)C2=O)cc1. The lowest BCUT2D eigenvalue weighted by molar-refractivity contribution is -0.123. The van der Waals surface area contributed by atoms with Crippen molar-refractivity contribution in [2.45, 2.75) is 16.9 Å². The zero-order valence-corrected chi connectivity index (χ0v) is 18.9. The molecule has 158 valence electrons. The summed E-state index contributed by atoms with van der Waals surface area (Å²) in [5.41, 5.74) is 1.14. The highest BCUT2D eigenvalue weighted by atomic mass is 35.5. The topological polar surface area (TPSA) is 59.8 Å². The molecule has 2 amide bonds. The van der Waals surface area contributed by atoms with E-state index in [0.717, 1.165) is 22.2 Å². The first kappa shape index (κ1) is 21.6. The van der Waals surface area contributed by atoms with Crippen LogP contribution in [0.3, 0.4) is 0 Å². The van der Waals surface area contributed by atoms with Crippen molar-refractivity contribution in [2.24, 2.45) is 0 Å². The molecule has 5 nitrogen and oxygen atoms in total. The molecule has 2 heterocycles. The third-order valence-electron chi connectivity index (χ3n) is 4.39. The number of carbonyl (C=O) groups excluding carboxylic acids is 2. The molecule has 1 aliphatic heterocycles. The molecule has 0 atom stereocenters. The first-order valence-electron chi connectivity index (χ1n) is 9.46. The Morgan fingerprint density at radius 3 is 2.55 bits per heavy atom. The molecular formula is C23H18ClNO4S2. The molecule has 1 aromatic heterocycles. The van der Waals surface area contributed by atoms with Crippen molar-refractivity contribution < 1.29 is 18.7 Å². The summed E-state index contributed by atoms with van der Waals surface area (Å²) < 4.78 is 11.4. The van der Waals surface area contributed by atoms with Crippen LogP contribution in [0.2, 0.25) is 5.02 Å². The van der Waals surface area contributed by atoms with E-state index >= 15 is 0 Å². The molecule has 2 aromatic carbocycles. The van der Waals surface area contributed by atoms with E-state index in [9.17, 15) is 9.59 Å². The molecule has 4 rings (SSSR count). The van der Waals surface area contributed by atoms with Crippen LogP contribution in [-0.2, 0) is 4.79 Å². The number of amides is 2. The third kappa shape index (κ3) is 5.55. The summed E-state index contributed by atoms with van der Waals surface area (Å²) in [6.07, 6.45) is 1.59. The highest BCUT2D eigenvalue weighted by Crippen LogP contribution is 2.34. The van der Waals surface area contributed by atoms with Crippen LogP contribution >= 0.6 is 35.1 Å². The summed E-state index contributed by atoms with van der Waals surface area (Å²) in [6, 6.07) is 18.6. The van der Waals surface area contributed by atoms with E-state index in [-0.39, 0.29) is 24.3 Å². The van der Waals surface area contributed by atoms with Gasteiger partial charge in [0.1, 0.15) is 18.1 Å². The number of imide groups is 1. The summed E-state index contributed by atoms with van der Waals surface area (Å²) in [5.74, 6) is 0.873. The minimum atomic E-state index is -0.342. The quantitative estimate of drug-likeness (QED) is 0.366. The lowest BCUT2D eigenvalue weighted by Gasteiger charge is -2.13. The highest BCUT2D eigenvalue weighted by molar-refractivity contribution is 8.18. The van der Waals surface area contributed by atoms with Gasteiger partial charge in [-0.05, 0) is 67.2 Å². The lowest BCUT2D eigenvalue weighted by Crippen LogP contribution is -2.32. The van der Waals surface area contributed by atoms with Crippen LogP contribution in [0.4, 0.5) is 4.79 Å². The second-order valence-electron chi connectivity index (χ2n) is 6.71. The minimum absolute atomic E-state index is 0.186. The molecule has 3 aromatic rings. The van der Waals surface area contributed by atoms with Crippen LogP contribution in [0.15, 0.2) is 80.0 Å². The maximum Gasteiger partial charge on any atom is 0.293 e. The van der Waals surface area contributed by atoms with Crippen molar-refractivity contribution in [1.29, 1.82) is 0 Å². The van der Waals surface area contributed by atoms with Crippen molar-refractivity contribution in [2.75, 3.05) is 13.2 Å². The Balaban J connectivity index is 1.36. The van der Waals surface area contributed by atoms with E-state index in [1.54, 1.807) is 12.1 Å². The predicted octanol–water partition coefficient (Wildman–Crippen LogP) is 6.51. The molecule has 1 fully saturated rings. The van der Waals surface area contributed by atoms with Crippen molar-refractivity contribution in [3.05, 3.63) is 81.9 Å². The van der Waals surface area contributed by atoms with E-state index in [0.29, 0.717) is 26.5 Å². The fourth-order valence-electron chi connectivity index (χ4n) is 2.80. The summed E-state index contributed by atoms with van der Waals surface area (Å²) >= 11 is 8.25. The molecule has 0 saturated carbocycles. The number of nitrogens with zero attached hydrogens (tertiary/aromatic N) is 1. The minimum Gasteiger partial charge on any atom is -0.492 e. The van der Waals surface area contributed by atoms with Crippen LogP contribution in [0.1, 0.15) is 11.3 Å². The Kier molecular flexibility index (Phi) is 6.75.